The SMILES string of the molecule is Cc1ccc2cc(CCC(=O)Cl)c(Cl)nc2c1C. The van der Waals surface area contributed by atoms with Gasteiger partial charge in [-0.2, -0.15) is 0 Å². The van der Waals surface area contributed by atoms with E-state index in [1.165, 1.54) is 5.56 Å². The van der Waals surface area contributed by atoms with Crippen molar-refractivity contribution in [3.63, 3.8) is 0 Å². The van der Waals surface area contributed by atoms with Gasteiger partial charge in [-0.05, 0) is 54.6 Å². The van der Waals surface area contributed by atoms with E-state index < -0.39 is 0 Å². The molecule has 94 valence electrons. The molecule has 0 amide bonds. The Hall–Kier alpha value is -1.12. The van der Waals surface area contributed by atoms with Crippen molar-refractivity contribution >= 4 is 39.3 Å². The first-order valence-electron chi connectivity index (χ1n) is 5.72. The number of halogens is 2. The van der Waals surface area contributed by atoms with E-state index in [0.717, 1.165) is 22.0 Å². The highest BCUT2D eigenvalue weighted by atomic mass is 35.5. The van der Waals surface area contributed by atoms with Crippen molar-refractivity contribution in [3.8, 4) is 0 Å². The van der Waals surface area contributed by atoms with Crippen LogP contribution < -0.4 is 0 Å². The van der Waals surface area contributed by atoms with Gasteiger partial charge >= 0.3 is 0 Å². The van der Waals surface area contributed by atoms with Crippen molar-refractivity contribution in [2.24, 2.45) is 0 Å². The second-order valence-electron chi connectivity index (χ2n) is 4.37. The quantitative estimate of drug-likeness (QED) is 0.623. The Morgan fingerprint density at radius 2 is 2.06 bits per heavy atom. The number of pyridine rings is 1. The first kappa shape index (κ1) is 13.3. The maximum Gasteiger partial charge on any atom is 0.221 e. The molecule has 0 aliphatic heterocycles. The lowest BCUT2D eigenvalue weighted by atomic mass is 10.0. The van der Waals surface area contributed by atoms with Crippen molar-refractivity contribution in [3.05, 3.63) is 40.0 Å². The summed E-state index contributed by atoms with van der Waals surface area (Å²) in [4.78, 5) is 15.2. The number of hydrogen-bond acceptors (Lipinski definition) is 2. The zero-order valence-corrected chi connectivity index (χ0v) is 11.8. The fourth-order valence-electron chi connectivity index (χ4n) is 1.91. The third kappa shape index (κ3) is 2.65. The van der Waals surface area contributed by atoms with Gasteiger partial charge in [0.25, 0.3) is 0 Å². The van der Waals surface area contributed by atoms with Gasteiger partial charge in [-0.3, -0.25) is 4.79 Å². The Labute approximate surface area is 116 Å². The number of rotatable bonds is 3. The highest BCUT2D eigenvalue weighted by molar-refractivity contribution is 6.63. The molecule has 0 saturated carbocycles. The Morgan fingerprint density at radius 3 is 2.72 bits per heavy atom. The number of fused-ring (bicyclic) bond motifs is 1. The number of hydrogen-bond donors (Lipinski definition) is 0. The highest BCUT2D eigenvalue weighted by Gasteiger charge is 2.09. The Bertz CT molecular complexity index is 623. The molecule has 1 heterocycles. The summed E-state index contributed by atoms with van der Waals surface area (Å²) in [5, 5.41) is 1.14. The molecule has 18 heavy (non-hydrogen) atoms. The second-order valence-corrected chi connectivity index (χ2v) is 5.15. The van der Waals surface area contributed by atoms with Crippen LogP contribution >= 0.6 is 23.2 Å². The molecule has 0 unspecified atom stereocenters. The molecule has 1 aromatic carbocycles. The summed E-state index contributed by atoms with van der Waals surface area (Å²) < 4.78 is 0. The Balaban J connectivity index is 2.49. The van der Waals surface area contributed by atoms with Crippen LogP contribution in [0.15, 0.2) is 18.2 Å². The average molecular weight is 282 g/mol. The van der Waals surface area contributed by atoms with E-state index >= 15 is 0 Å². The number of nitrogens with zero attached hydrogens (tertiary/aromatic N) is 1. The normalized spacial score (nSPS) is 10.9. The third-order valence-electron chi connectivity index (χ3n) is 3.13. The van der Waals surface area contributed by atoms with Crippen molar-refractivity contribution in [2.45, 2.75) is 26.7 Å². The number of benzene rings is 1. The maximum atomic E-state index is 10.8. The molecule has 2 rings (SSSR count). The minimum absolute atomic E-state index is 0.277. The van der Waals surface area contributed by atoms with Crippen LogP contribution in [-0.2, 0) is 11.2 Å². The van der Waals surface area contributed by atoms with Gasteiger partial charge in [0.1, 0.15) is 5.15 Å². The lowest BCUT2D eigenvalue weighted by Gasteiger charge is -2.08. The van der Waals surface area contributed by atoms with Crippen LogP contribution in [0.3, 0.4) is 0 Å². The molecule has 4 heteroatoms. The first-order chi connectivity index (χ1) is 8.49. The minimum atomic E-state index is -0.355. The van der Waals surface area contributed by atoms with Crippen molar-refractivity contribution in [2.75, 3.05) is 0 Å². The first-order valence-corrected chi connectivity index (χ1v) is 6.48. The zero-order chi connectivity index (χ0) is 13.3. The highest BCUT2D eigenvalue weighted by Crippen LogP contribution is 2.25. The Kier molecular flexibility index (Phi) is 3.88. The summed E-state index contributed by atoms with van der Waals surface area (Å²) in [6.07, 6.45) is 0.802. The second kappa shape index (κ2) is 5.25. The van der Waals surface area contributed by atoms with Gasteiger partial charge in [0, 0.05) is 11.8 Å². The van der Waals surface area contributed by atoms with Crippen LogP contribution in [0.4, 0.5) is 0 Å². The summed E-state index contributed by atoms with van der Waals surface area (Å²) >= 11 is 11.5. The van der Waals surface area contributed by atoms with Crippen LogP contribution in [0.25, 0.3) is 10.9 Å². The zero-order valence-electron chi connectivity index (χ0n) is 10.3. The van der Waals surface area contributed by atoms with E-state index in [-0.39, 0.29) is 11.7 Å². The summed E-state index contributed by atoms with van der Waals surface area (Å²) in [6.45, 7) is 4.08. The average Bonchev–Trinajstić information content (AvgIpc) is 2.32. The van der Waals surface area contributed by atoms with E-state index in [4.69, 9.17) is 23.2 Å². The van der Waals surface area contributed by atoms with Gasteiger partial charge in [0.2, 0.25) is 5.24 Å². The molecular formula is C14H13Cl2NO. The van der Waals surface area contributed by atoms with Gasteiger partial charge in [-0.25, -0.2) is 4.98 Å². The molecular weight excluding hydrogens is 269 g/mol. The monoisotopic (exact) mass is 281 g/mol. The predicted octanol–water partition coefficient (Wildman–Crippen LogP) is 4.20. The molecule has 1 aromatic heterocycles. The molecule has 0 radical (unpaired) electrons. The number of carbonyl (C=O) groups is 1. The molecule has 0 N–H and O–H groups in total. The van der Waals surface area contributed by atoms with Gasteiger partial charge in [-0.15, -0.1) is 0 Å². The summed E-state index contributed by atoms with van der Waals surface area (Å²) in [5.74, 6) is 0. The number of carbonyl (C=O) groups excluding carboxylic acids is 1. The molecule has 2 nitrogen and oxygen atoms in total. The minimum Gasteiger partial charge on any atom is -0.281 e. The van der Waals surface area contributed by atoms with E-state index in [0.29, 0.717) is 11.6 Å². The summed E-state index contributed by atoms with van der Waals surface area (Å²) in [6, 6.07) is 6.06. The molecule has 2 aromatic rings. The smallest absolute Gasteiger partial charge is 0.221 e. The van der Waals surface area contributed by atoms with Gasteiger partial charge in [0.05, 0.1) is 5.52 Å². The summed E-state index contributed by atoms with van der Waals surface area (Å²) in [7, 11) is 0. The Morgan fingerprint density at radius 1 is 1.33 bits per heavy atom. The molecule has 0 spiro atoms. The predicted molar refractivity (Wildman–Crippen MR) is 75.4 cm³/mol. The topological polar surface area (TPSA) is 30.0 Å². The molecule has 0 bridgehead atoms. The number of aryl methyl sites for hydroxylation is 3. The maximum absolute atomic E-state index is 10.8. The fourth-order valence-corrected chi connectivity index (χ4v) is 2.24. The summed E-state index contributed by atoms with van der Waals surface area (Å²) in [5.41, 5.74) is 4.10. The number of aromatic nitrogens is 1. The van der Waals surface area contributed by atoms with Crippen LogP contribution in [0, 0.1) is 13.8 Å². The van der Waals surface area contributed by atoms with Crippen LogP contribution in [0.5, 0.6) is 0 Å². The van der Waals surface area contributed by atoms with Gasteiger partial charge < -0.3 is 0 Å². The van der Waals surface area contributed by atoms with E-state index in [1.807, 2.05) is 26.0 Å². The van der Waals surface area contributed by atoms with E-state index in [9.17, 15) is 4.79 Å². The molecule has 0 saturated heterocycles. The van der Waals surface area contributed by atoms with Crippen molar-refractivity contribution in [1.29, 1.82) is 0 Å². The fraction of sp³-hybridized carbons (Fsp3) is 0.286. The van der Waals surface area contributed by atoms with Gasteiger partial charge in [0.15, 0.2) is 0 Å². The lowest BCUT2D eigenvalue weighted by Crippen LogP contribution is -1.96. The van der Waals surface area contributed by atoms with Crippen LogP contribution in [0.1, 0.15) is 23.1 Å². The molecule has 0 fully saturated rings. The third-order valence-corrected chi connectivity index (χ3v) is 3.64. The molecule has 0 atom stereocenters. The lowest BCUT2D eigenvalue weighted by molar-refractivity contribution is -0.111. The van der Waals surface area contributed by atoms with E-state index in [1.54, 1.807) is 0 Å². The molecule has 0 aliphatic rings. The van der Waals surface area contributed by atoms with E-state index in [2.05, 4.69) is 11.1 Å². The van der Waals surface area contributed by atoms with Crippen LogP contribution in [-0.4, -0.2) is 10.2 Å². The standard InChI is InChI=1S/C14H13Cl2NO/c1-8-3-4-10-7-11(5-6-12(15)18)14(16)17-13(10)9(8)2/h3-4,7H,5-6H2,1-2H3. The molecule has 0 aliphatic carbocycles. The van der Waals surface area contributed by atoms with Crippen LogP contribution in [0.2, 0.25) is 5.15 Å². The largest absolute Gasteiger partial charge is 0.281 e. The van der Waals surface area contributed by atoms with Crippen molar-refractivity contribution < 1.29 is 4.79 Å². The van der Waals surface area contributed by atoms with Crippen molar-refractivity contribution in [1.82, 2.24) is 4.98 Å². The van der Waals surface area contributed by atoms with Gasteiger partial charge in [-0.1, -0.05) is 23.7 Å².